The molecule has 1 saturated carbocycles. The smallest absolute Gasteiger partial charge is 0.229 e. The van der Waals surface area contributed by atoms with E-state index >= 15 is 0 Å². The summed E-state index contributed by atoms with van der Waals surface area (Å²) < 4.78 is 5.31. The van der Waals surface area contributed by atoms with Gasteiger partial charge in [-0.15, -0.1) is 0 Å². The molecule has 5 nitrogen and oxygen atoms in total. The summed E-state index contributed by atoms with van der Waals surface area (Å²) in [7, 11) is 0. The van der Waals surface area contributed by atoms with E-state index in [1.54, 1.807) is 0 Å². The summed E-state index contributed by atoms with van der Waals surface area (Å²) in [5, 5.41) is 6.78. The number of carbonyl (C=O) groups is 1. The van der Waals surface area contributed by atoms with E-state index in [0.717, 1.165) is 18.7 Å². The lowest BCUT2D eigenvalue weighted by atomic mass is 9.89. The van der Waals surface area contributed by atoms with Gasteiger partial charge in [-0.1, -0.05) is 45.2 Å². The van der Waals surface area contributed by atoms with Gasteiger partial charge in [0.05, 0.1) is 6.54 Å². The number of nitrogens with zero attached hydrogens (tertiary/aromatic N) is 2. The minimum atomic E-state index is -0.393. The summed E-state index contributed by atoms with van der Waals surface area (Å²) in [5.41, 5.74) is -0.393. The fourth-order valence-electron chi connectivity index (χ4n) is 2.28. The summed E-state index contributed by atoms with van der Waals surface area (Å²) in [6, 6.07) is 0. The lowest BCUT2D eigenvalue weighted by molar-refractivity contribution is -0.128. The lowest BCUT2D eigenvalue weighted by Gasteiger charge is -2.17. The third-order valence-corrected chi connectivity index (χ3v) is 3.53. The van der Waals surface area contributed by atoms with E-state index in [0.29, 0.717) is 18.3 Å². The highest BCUT2D eigenvalue weighted by atomic mass is 16.5. The molecule has 1 fully saturated rings. The molecule has 1 aromatic rings. The molecule has 0 radical (unpaired) electrons. The fraction of sp³-hybridized carbons (Fsp3) is 0.786. The second-order valence-electron chi connectivity index (χ2n) is 6.32. The maximum Gasteiger partial charge on any atom is 0.229 e. The normalized spacial score (nSPS) is 17.4. The van der Waals surface area contributed by atoms with Crippen LogP contribution in [0.25, 0.3) is 0 Å². The Morgan fingerprint density at radius 3 is 2.63 bits per heavy atom. The molecular formula is C14H23N3O2. The summed E-state index contributed by atoms with van der Waals surface area (Å²) >= 11 is 0. The number of amides is 1. The Hall–Kier alpha value is -1.39. The number of nitrogens with one attached hydrogen (secondary N) is 1. The molecule has 0 saturated heterocycles. The highest BCUT2D eigenvalue weighted by molar-refractivity contribution is 5.81. The molecule has 19 heavy (non-hydrogen) atoms. The summed E-state index contributed by atoms with van der Waals surface area (Å²) in [6.45, 7) is 5.98. The van der Waals surface area contributed by atoms with Gasteiger partial charge in [0.1, 0.15) is 0 Å². The van der Waals surface area contributed by atoms with Crippen LogP contribution in [0.4, 0.5) is 0 Å². The number of carbonyl (C=O) groups excluding carboxylic acids is 1. The quantitative estimate of drug-likeness (QED) is 0.912. The van der Waals surface area contributed by atoms with Gasteiger partial charge in [-0.3, -0.25) is 4.79 Å². The van der Waals surface area contributed by atoms with Crippen LogP contribution in [-0.2, 0) is 11.3 Å². The van der Waals surface area contributed by atoms with Crippen LogP contribution in [0.5, 0.6) is 0 Å². The van der Waals surface area contributed by atoms with Gasteiger partial charge in [-0.2, -0.15) is 4.98 Å². The van der Waals surface area contributed by atoms with Crippen molar-refractivity contribution < 1.29 is 9.32 Å². The van der Waals surface area contributed by atoms with E-state index in [-0.39, 0.29) is 5.91 Å². The second kappa shape index (κ2) is 5.72. The summed E-state index contributed by atoms with van der Waals surface area (Å²) in [5.74, 6) is 1.71. The minimum Gasteiger partial charge on any atom is -0.348 e. The molecule has 0 aromatic carbocycles. The molecule has 1 amide bonds. The first-order valence-corrected chi connectivity index (χ1v) is 7.07. The Morgan fingerprint density at radius 2 is 2.00 bits per heavy atom. The molecule has 1 aliphatic carbocycles. The highest BCUT2D eigenvalue weighted by Gasteiger charge is 2.23. The topological polar surface area (TPSA) is 68.0 Å². The van der Waals surface area contributed by atoms with Crippen molar-refractivity contribution in [1.82, 2.24) is 15.5 Å². The predicted molar refractivity (Wildman–Crippen MR) is 71.4 cm³/mol. The van der Waals surface area contributed by atoms with Crippen LogP contribution in [0.2, 0.25) is 0 Å². The standard InChI is InChI=1S/C14H23N3O2/c1-14(2,3)13(18)15-9-11-16-12(19-17-11)10-7-5-4-6-8-10/h10H,4-9H2,1-3H3,(H,15,18). The first-order valence-electron chi connectivity index (χ1n) is 7.07. The van der Waals surface area contributed by atoms with Crippen molar-refractivity contribution in [2.24, 2.45) is 5.41 Å². The van der Waals surface area contributed by atoms with Crippen LogP contribution < -0.4 is 5.32 Å². The van der Waals surface area contributed by atoms with E-state index < -0.39 is 5.41 Å². The Bertz CT molecular complexity index is 428. The molecule has 1 heterocycles. The van der Waals surface area contributed by atoms with E-state index in [1.165, 1.54) is 19.3 Å². The number of hydrogen-bond donors (Lipinski definition) is 1. The molecule has 1 N–H and O–H groups in total. The zero-order chi connectivity index (χ0) is 13.9. The second-order valence-corrected chi connectivity index (χ2v) is 6.32. The Morgan fingerprint density at radius 1 is 1.32 bits per heavy atom. The monoisotopic (exact) mass is 265 g/mol. The molecule has 1 aromatic heterocycles. The average molecular weight is 265 g/mol. The van der Waals surface area contributed by atoms with Gasteiger partial charge >= 0.3 is 0 Å². The van der Waals surface area contributed by atoms with Gasteiger partial charge in [-0.25, -0.2) is 0 Å². The van der Waals surface area contributed by atoms with Gasteiger partial charge in [0.2, 0.25) is 11.8 Å². The van der Waals surface area contributed by atoms with Gasteiger partial charge in [0, 0.05) is 11.3 Å². The van der Waals surface area contributed by atoms with Crippen LogP contribution in [0.1, 0.15) is 70.5 Å². The van der Waals surface area contributed by atoms with Gasteiger partial charge < -0.3 is 9.84 Å². The van der Waals surface area contributed by atoms with E-state index in [1.807, 2.05) is 20.8 Å². The SMILES string of the molecule is CC(C)(C)C(=O)NCc1noc(C2CCCCC2)n1. The molecule has 0 unspecified atom stereocenters. The van der Waals surface area contributed by atoms with Crippen LogP contribution in [0.3, 0.4) is 0 Å². The zero-order valence-corrected chi connectivity index (χ0v) is 12.0. The molecule has 5 heteroatoms. The molecular weight excluding hydrogens is 242 g/mol. The summed E-state index contributed by atoms with van der Waals surface area (Å²) in [4.78, 5) is 16.1. The van der Waals surface area contributed by atoms with Crippen molar-refractivity contribution in [3.05, 3.63) is 11.7 Å². The van der Waals surface area contributed by atoms with Gasteiger partial charge in [-0.05, 0) is 12.8 Å². The zero-order valence-electron chi connectivity index (χ0n) is 12.0. The Balaban J connectivity index is 1.89. The van der Waals surface area contributed by atoms with Crippen molar-refractivity contribution >= 4 is 5.91 Å². The number of hydrogen-bond acceptors (Lipinski definition) is 4. The molecule has 0 aliphatic heterocycles. The van der Waals surface area contributed by atoms with Crippen molar-refractivity contribution in [3.8, 4) is 0 Å². The molecule has 2 rings (SSSR count). The maximum absolute atomic E-state index is 11.7. The van der Waals surface area contributed by atoms with Crippen molar-refractivity contribution in [2.75, 3.05) is 0 Å². The Labute approximate surface area is 114 Å². The van der Waals surface area contributed by atoms with Crippen LogP contribution in [-0.4, -0.2) is 16.0 Å². The van der Waals surface area contributed by atoms with E-state index in [4.69, 9.17) is 4.52 Å². The number of rotatable bonds is 3. The van der Waals surface area contributed by atoms with Crippen molar-refractivity contribution in [3.63, 3.8) is 0 Å². The van der Waals surface area contributed by atoms with Gasteiger partial charge in [0.25, 0.3) is 0 Å². The van der Waals surface area contributed by atoms with E-state index in [9.17, 15) is 4.79 Å². The van der Waals surface area contributed by atoms with Crippen molar-refractivity contribution in [1.29, 1.82) is 0 Å². The molecule has 0 spiro atoms. The lowest BCUT2D eigenvalue weighted by Crippen LogP contribution is -2.34. The molecule has 1 aliphatic rings. The molecule has 106 valence electrons. The van der Waals surface area contributed by atoms with Crippen LogP contribution in [0, 0.1) is 5.41 Å². The number of aromatic nitrogens is 2. The maximum atomic E-state index is 11.7. The third-order valence-electron chi connectivity index (χ3n) is 3.53. The van der Waals surface area contributed by atoms with Crippen LogP contribution >= 0.6 is 0 Å². The minimum absolute atomic E-state index is 0.00323. The van der Waals surface area contributed by atoms with E-state index in [2.05, 4.69) is 15.5 Å². The average Bonchev–Trinajstić information content (AvgIpc) is 2.84. The Kier molecular flexibility index (Phi) is 4.22. The van der Waals surface area contributed by atoms with Crippen LogP contribution in [0.15, 0.2) is 4.52 Å². The fourth-order valence-corrected chi connectivity index (χ4v) is 2.28. The first kappa shape index (κ1) is 14.0. The molecule has 0 bridgehead atoms. The largest absolute Gasteiger partial charge is 0.348 e. The predicted octanol–water partition coefficient (Wildman–Crippen LogP) is 2.78. The summed E-state index contributed by atoms with van der Waals surface area (Å²) in [6.07, 6.45) is 6.05. The third kappa shape index (κ3) is 3.78. The highest BCUT2D eigenvalue weighted by Crippen LogP contribution is 2.31. The van der Waals surface area contributed by atoms with Crippen molar-refractivity contribution in [2.45, 2.75) is 65.3 Å². The van der Waals surface area contributed by atoms with Gasteiger partial charge in [0.15, 0.2) is 5.82 Å². The molecule has 0 atom stereocenters. The first-order chi connectivity index (χ1) is 8.97.